The lowest BCUT2D eigenvalue weighted by atomic mass is 9.86. The van der Waals surface area contributed by atoms with E-state index in [2.05, 4.69) is 5.32 Å². The van der Waals surface area contributed by atoms with Gasteiger partial charge in [0, 0.05) is 21.8 Å². The second-order valence-corrected chi connectivity index (χ2v) is 11.1. The van der Waals surface area contributed by atoms with Crippen molar-refractivity contribution in [3.05, 3.63) is 103 Å². The molecule has 0 fully saturated rings. The number of ether oxygens (including phenoxy) is 2. The average molecular weight is 562 g/mol. The molecule has 1 N–H and O–H groups in total. The Kier molecular flexibility index (Phi) is 6.99. The molecule has 0 amide bonds. The zero-order valence-corrected chi connectivity index (χ0v) is 21.5. The van der Waals surface area contributed by atoms with E-state index < -0.39 is 40.0 Å². The first-order valence-corrected chi connectivity index (χ1v) is 13.5. The highest BCUT2D eigenvalue weighted by atomic mass is 35.5. The van der Waals surface area contributed by atoms with Gasteiger partial charge >= 0.3 is 11.8 Å². The molecule has 3 aromatic rings. The number of hydrogen-bond donors (Lipinski definition) is 1. The number of carbonyl (C=O) groups excluding carboxylic acids is 1. The van der Waals surface area contributed by atoms with E-state index in [9.17, 15) is 18.0 Å². The molecule has 2 aliphatic heterocycles. The number of carbonyl (C=O) groups is 1. The normalized spacial score (nSPS) is 19.0. The van der Waals surface area contributed by atoms with E-state index in [0.717, 1.165) is 6.07 Å². The summed E-state index contributed by atoms with van der Waals surface area (Å²) in [6.07, 6.45) is 0. The molecule has 0 aliphatic carbocycles. The maximum absolute atomic E-state index is 15.2. The zero-order chi connectivity index (χ0) is 27.0. The van der Waals surface area contributed by atoms with E-state index in [0.29, 0.717) is 5.56 Å². The van der Waals surface area contributed by atoms with E-state index in [1.165, 1.54) is 19.1 Å². The van der Waals surface area contributed by atoms with Gasteiger partial charge in [-0.25, -0.2) is 22.4 Å². The highest BCUT2D eigenvalue weighted by molar-refractivity contribution is 7.95. The lowest BCUT2D eigenvalue weighted by Crippen LogP contribution is -2.34. The molecule has 0 spiro atoms. The van der Waals surface area contributed by atoms with Crippen LogP contribution in [0.2, 0.25) is 5.02 Å². The van der Waals surface area contributed by atoms with Gasteiger partial charge in [-0.2, -0.15) is 0 Å². The first-order valence-electron chi connectivity index (χ1n) is 11.5. The summed E-state index contributed by atoms with van der Waals surface area (Å²) in [7, 11) is -4.00. The molecule has 1 atom stereocenters. The highest BCUT2D eigenvalue weighted by Gasteiger charge is 2.43. The number of sulfone groups is 1. The zero-order valence-electron chi connectivity index (χ0n) is 20.0. The maximum atomic E-state index is 15.2. The van der Waals surface area contributed by atoms with Gasteiger partial charge in [-0.15, -0.1) is 0 Å². The smallest absolute Gasteiger partial charge is 0.454 e. The molecular formula is C26H21ClFNO8S. The Bertz CT molecular complexity index is 1620. The molecular weight excluding hydrogens is 541 g/mol. The van der Waals surface area contributed by atoms with Crippen LogP contribution in [0.4, 0.5) is 4.39 Å². The molecule has 12 heteroatoms. The van der Waals surface area contributed by atoms with Crippen molar-refractivity contribution < 1.29 is 35.9 Å². The van der Waals surface area contributed by atoms with Gasteiger partial charge in [-0.3, -0.25) is 0 Å². The van der Waals surface area contributed by atoms with Gasteiger partial charge in [0.1, 0.15) is 5.82 Å². The summed E-state index contributed by atoms with van der Waals surface area (Å²) in [5.74, 6) is -4.47. The van der Waals surface area contributed by atoms with E-state index in [1.54, 1.807) is 30.3 Å². The minimum Gasteiger partial charge on any atom is -0.454 e. The molecule has 1 aromatic heterocycles. The van der Waals surface area contributed by atoms with Crippen LogP contribution in [0.15, 0.2) is 84.0 Å². The first kappa shape index (κ1) is 26.0. The lowest BCUT2D eigenvalue weighted by Gasteiger charge is -2.31. The third-order valence-electron chi connectivity index (χ3n) is 6.19. The fourth-order valence-corrected chi connectivity index (χ4v) is 6.47. The van der Waals surface area contributed by atoms with Crippen molar-refractivity contribution in [1.82, 2.24) is 5.32 Å². The Morgan fingerprint density at radius 1 is 1.16 bits per heavy atom. The van der Waals surface area contributed by atoms with Crippen LogP contribution in [0.25, 0.3) is 11.3 Å². The standard InChI is InChI=1S/C26H21ClFNO8S/c1-14-20(25(30)35-13-19-23(37-26(31)36-19)15-6-3-2-4-7-15)22(21-16(27)8-5-9-17(21)28)24-18(29-14)12-34-10-11-38(24,32)33/h2-9,22,29H,10-13H2,1H3. The van der Waals surface area contributed by atoms with E-state index >= 15 is 4.39 Å². The number of nitrogens with one attached hydrogen (secondary N) is 1. The number of allylic oxidation sites excluding steroid dienone is 2. The Hall–Kier alpha value is -3.67. The molecule has 198 valence electrons. The van der Waals surface area contributed by atoms with Crippen LogP contribution in [0.5, 0.6) is 0 Å². The number of hydrogen-bond acceptors (Lipinski definition) is 9. The second kappa shape index (κ2) is 10.2. The van der Waals surface area contributed by atoms with Crippen LogP contribution >= 0.6 is 11.6 Å². The molecule has 0 bridgehead atoms. The van der Waals surface area contributed by atoms with Crippen molar-refractivity contribution in [3.63, 3.8) is 0 Å². The third-order valence-corrected chi connectivity index (χ3v) is 8.38. The van der Waals surface area contributed by atoms with Gasteiger partial charge in [0.15, 0.2) is 28.0 Å². The number of halogens is 2. The minimum atomic E-state index is -4.00. The number of dihydropyridines is 1. The number of esters is 1. The fraction of sp³-hybridized carbons (Fsp3) is 0.231. The van der Waals surface area contributed by atoms with Crippen molar-refractivity contribution in [2.45, 2.75) is 19.4 Å². The average Bonchev–Trinajstić information content (AvgIpc) is 3.18. The van der Waals surface area contributed by atoms with Gasteiger partial charge in [-0.1, -0.05) is 48.0 Å². The van der Waals surface area contributed by atoms with Gasteiger partial charge < -0.3 is 23.6 Å². The van der Waals surface area contributed by atoms with Crippen molar-refractivity contribution in [2.24, 2.45) is 0 Å². The quantitative estimate of drug-likeness (QED) is 0.459. The molecule has 2 aliphatic rings. The van der Waals surface area contributed by atoms with Crippen LogP contribution in [0, 0.1) is 5.82 Å². The molecule has 0 saturated heterocycles. The molecule has 9 nitrogen and oxygen atoms in total. The molecule has 38 heavy (non-hydrogen) atoms. The van der Waals surface area contributed by atoms with Gasteiger partial charge in [0.25, 0.3) is 0 Å². The van der Waals surface area contributed by atoms with E-state index in [-0.39, 0.29) is 62.9 Å². The Morgan fingerprint density at radius 2 is 1.92 bits per heavy atom. The topological polar surface area (TPSA) is 125 Å². The van der Waals surface area contributed by atoms with Crippen LogP contribution in [-0.2, 0) is 30.7 Å². The van der Waals surface area contributed by atoms with Crippen molar-refractivity contribution in [1.29, 1.82) is 0 Å². The lowest BCUT2D eigenvalue weighted by molar-refractivity contribution is -0.141. The predicted molar refractivity (Wildman–Crippen MR) is 134 cm³/mol. The monoisotopic (exact) mass is 561 g/mol. The Morgan fingerprint density at radius 3 is 2.66 bits per heavy atom. The van der Waals surface area contributed by atoms with Crippen LogP contribution in [-0.4, -0.2) is 33.4 Å². The van der Waals surface area contributed by atoms with Crippen molar-refractivity contribution >= 4 is 27.4 Å². The maximum Gasteiger partial charge on any atom is 0.519 e. The summed E-state index contributed by atoms with van der Waals surface area (Å²) in [5, 5.41) is 2.86. The SMILES string of the molecule is CC1=C(C(=O)OCc2oc(=O)oc2-c2ccccc2)C(c2c(F)cccc2Cl)C2=C(COCCS2(=O)=O)N1. The first-order chi connectivity index (χ1) is 18.2. The van der Waals surface area contributed by atoms with Gasteiger partial charge in [0.05, 0.1) is 41.1 Å². The molecule has 0 saturated carbocycles. The summed E-state index contributed by atoms with van der Waals surface area (Å²) in [6, 6.07) is 12.5. The molecule has 3 heterocycles. The van der Waals surface area contributed by atoms with E-state index in [4.69, 9.17) is 29.9 Å². The van der Waals surface area contributed by atoms with Gasteiger partial charge in [-0.05, 0) is 19.1 Å². The predicted octanol–water partition coefficient (Wildman–Crippen LogP) is 4.05. The summed E-state index contributed by atoms with van der Waals surface area (Å²) in [5.41, 5.74) is 0.603. The van der Waals surface area contributed by atoms with Crippen LogP contribution in [0.1, 0.15) is 24.2 Å². The summed E-state index contributed by atoms with van der Waals surface area (Å²) in [6.45, 7) is 0.866. The third kappa shape index (κ3) is 4.80. The van der Waals surface area contributed by atoms with Crippen LogP contribution in [0.3, 0.4) is 0 Å². The van der Waals surface area contributed by atoms with E-state index in [1.807, 2.05) is 0 Å². The molecule has 1 unspecified atom stereocenters. The minimum absolute atomic E-state index is 0.0487. The summed E-state index contributed by atoms with van der Waals surface area (Å²) in [4.78, 5) is 25.1. The largest absolute Gasteiger partial charge is 0.519 e. The number of rotatable bonds is 5. The van der Waals surface area contributed by atoms with Gasteiger partial charge in [0.2, 0.25) is 0 Å². The summed E-state index contributed by atoms with van der Waals surface area (Å²) < 4.78 is 63.0. The molecule has 5 rings (SSSR count). The number of benzene rings is 2. The molecule has 2 aromatic carbocycles. The van der Waals surface area contributed by atoms with Crippen molar-refractivity contribution in [3.8, 4) is 11.3 Å². The van der Waals surface area contributed by atoms with Crippen molar-refractivity contribution in [2.75, 3.05) is 19.0 Å². The Labute approximate surface area is 221 Å². The summed E-state index contributed by atoms with van der Waals surface area (Å²) >= 11 is 6.36. The molecule has 0 radical (unpaired) electrons. The fourth-order valence-electron chi connectivity index (χ4n) is 4.56. The Balaban J connectivity index is 1.56. The van der Waals surface area contributed by atoms with Crippen LogP contribution < -0.4 is 11.1 Å². The highest BCUT2D eigenvalue weighted by Crippen LogP contribution is 2.45. The second-order valence-electron chi connectivity index (χ2n) is 8.59.